The highest BCUT2D eigenvalue weighted by molar-refractivity contribution is 9.10. The number of benzene rings is 1. The maximum Gasteiger partial charge on any atom is 0.322 e. The molecule has 2 amide bonds. The van der Waals surface area contributed by atoms with Crippen molar-refractivity contribution in [1.29, 1.82) is 0 Å². The summed E-state index contributed by atoms with van der Waals surface area (Å²) >= 11 is 9.34. The third kappa shape index (κ3) is 2.51. The summed E-state index contributed by atoms with van der Waals surface area (Å²) in [7, 11) is 0. The number of fused-ring (bicyclic) bond motifs is 2. The molecule has 112 valence electrons. The third-order valence-electron chi connectivity index (χ3n) is 4.28. The molecule has 3 atom stereocenters. The van der Waals surface area contributed by atoms with Gasteiger partial charge in [-0.3, -0.25) is 4.79 Å². The summed E-state index contributed by atoms with van der Waals surface area (Å²) in [6.45, 7) is 0. The SMILES string of the molecule is O=C(O)C1CC2CCC1N2C(=O)Nc1cccc(Cl)c1Br. The molecule has 5 nitrogen and oxygen atoms in total. The molecular weight excluding hydrogens is 360 g/mol. The van der Waals surface area contributed by atoms with Crippen LogP contribution in [0.1, 0.15) is 19.3 Å². The molecule has 0 radical (unpaired) electrons. The topological polar surface area (TPSA) is 69.6 Å². The van der Waals surface area contributed by atoms with Crippen LogP contribution in [0.3, 0.4) is 0 Å². The Morgan fingerprint density at radius 1 is 1.38 bits per heavy atom. The Bertz CT molecular complexity index is 610. The number of rotatable bonds is 2. The lowest BCUT2D eigenvalue weighted by Gasteiger charge is -2.23. The third-order valence-corrected chi connectivity index (χ3v) is 5.68. The van der Waals surface area contributed by atoms with Crippen molar-refractivity contribution in [2.45, 2.75) is 31.3 Å². The molecule has 2 aliphatic rings. The predicted octanol–water partition coefficient (Wildman–Crippen LogP) is 3.57. The monoisotopic (exact) mass is 372 g/mol. The van der Waals surface area contributed by atoms with Crippen molar-refractivity contribution >= 4 is 45.2 Å². The maximum atomic E-state index is 12.5. The van der Waals surface area contributed by atoms with E-state index in [0.717, 1.165) is 12.8 Å². The number of hydrogen-bond acceptors (Lipinski definition) is 2. The van der Waals surface area contributed by atoms with Gasteiger partial charge in [-0.1, -0.05) is 17.7 Å². The van der Waals surface area contributed by atoms with Gasteiger partial charge in [-0.25, -0.2) is 4.79 Å². The molecular formula is C14H14BrClN2O3. The number of aliphatic carboxylic acids is 1. The van der Waals surface area contributed by atoms with Gasteiger partial charge in [0, 0.05) is 12.1 Å². The van der Waals surface area contributed by atoms with Gasteiger partial charge in [-0.05, 0) is 47.3 Å². The number of hydrogen-bond donors (Lipinski definition) is 2. The Morgan fingerprint density at radius 3 is 2.81 bits per heavy atom. The molecule has 0 aliphatic carbocycles. The van der Waals surface area contributed by atoms with E-state index in [4.69, 9.17) is 11.6 Å². The zero-order valence-corrected chi connectivity index (χ0v) is 13.4. The van der Waals surface area contributed by atoms with Crippen LogP contribution in [0, 0.1) is 5.92 Å². The van der Waals surface area contributed by atoms with E-state index in [9.17, 15) is 14.7 Å². The van der Waals surface area contributed by atoms with E-state index in [1.807, 2.05) is 0 Å². The maximum absolute atomic E-state index is 12.5. The molecule has 2 fully saturated rings. The highest BCUT2D eigenvalue weighted by Gasteiger charge is 2.51. The second-order valence-electron chi connectivity index (χ2n) is 5.42. The normalized spacial score (nSPS) is 27.0. The number of anilines is 1. The fraction of sp³-hybridized carbons (Fsp3) is 0.429. The molecule has 3 rings (SSSR count). The first-order chi connectivity index (χ1) is 9.99. The average Bonchev–Trinajstić information content (AvgIpc) is 3.01. The fourth-order valence-electron chi connectivity index (χ4n) is 3.35. The van der Waals surface area contributed by atoms with Crippen LogP contribution in [0.5, 0.6) is 0 Å². The summed E-state index contributed by atoms with van der Waals surface area (Å²) in [6.07, 6.45) is 2.18. The fourth-order valence-corrected chi connectivity index (χ4v) is 3.89. The van der Waals surface area contributed by atoms with E-state index >= 15 is 0 Å². The number of nitrogens with one attached hydrogen (secondary N) is 1. The van der Waals surface area contributed by atoms with Crippen LogP contribution in [0.15, 0.2) is 22.7 Å². The number of carbonyl (C=O) groups is 2. The minimum absolute atomic E-state index is 0.0223. The summed E-state index contributed by atoms with van der Waals surface area (Å²) in [5, 5.41) is 12.6. The molecule has 2 bridgehead atoms. The summed E-state index contributed by atoms with van der Waals surface area (Å²) < 4.78 is 0.626. The Hall–Kier alpha value is -1.27. The smallest absolute Gasteiger partial charge is 0.322 e. The first kappa shape index (κ1) is 14.7. The molecule has 2 heterocycles. The van der Waals surface area contributed by atoms with Gasteiger partial charge in [-0.15, -0.1) is 0 Å². The largest absolute Gasteiger partial charge is 0.481 e. The van der Waals surface area contributed by atoms with Crippen LogP contribution in [0.2, 0.25) is 5.02 Å². The summed E-state index contributed by atoms with van der Waals surface area (Å²) in [5.41, 5.74) is 0.589. The Labute approximate surface area is 135 Å². The molecule has 0 saturated carbocycles. The molecule has 3 unspecified atom stereocenters. The van der Waals surface area contributed by atoms with Crippen molar-refractivity contribution in [3.8, 4) is 0 Å². The van der Waals surface area contributed by atoms with Gasteiger partial charge in [0.2, 0.25) is 0 Å². The first-order valence-corrected chi connectivity index (χ1v) is 7.92. The van der Waals surface area contributed by atoms with Crippen molar-refractivity contribution in [2.24, 2.45) is 5.92 Å². The molecule has 2 aliphatic heterocycles. The number of nitrogens with zero attached hydrogens (tertiary/aromatic N) is 1. The molecule has 0 spiro atoms. The first-order valence-electron chi connectivity index (χ1n) is 6.75. The number of halogens is 2. The predicted molar refractivity (Wildman–Crippen MR) is 82.6 cm³/mol. The van der Waals surface area contributed by atoms with Crippen LogP contribution in [0.25, 0.3) is 0 Å². The number of carboxylic acids is 1. The van der Waals surface area contributed by atoms with Gasteiger partial charge in [0.25, 0.3) is 0 Å². The number of carbonyl (C=O) groups excluding carboxylic acids is 1. The zero-order valence-electron chi connectivity index (χ0n) is 11.1. The highest BCUT2D eigenvalue weighted by Crippen LogP contribution is 2.42. The van der Waals surface area contributed by atoms with Crippen molar-refractivity contribution in [3.05, 3.63) is 27.7 Å². The van der Waals surface area contributed by atoms with E-state index in [1.165, 1.54) is 0 Å². The van der Waals surface area contributed by atoms with Gasteiger partial charge in [0.05, 0.1) is 21.1 Å². The molecule has 1 aromatic carbocycles. The van der Waals surface area contributed by atoms with Gasteiger partial charge in [-0.2, -0.15) is 0 Å². The lowest BCUT2D eigenvalue weighted by atomic mass is 9.89. The second-order valence-corrected chi connectivity index (χ2v) is 6.62. The molecule has 1 aromatic rings. The van der Waals surface area contributed by atoms with E-state index in [-0.39, 0.29) is 18.1 Å². The second kappa shape index (κ2) is 5.50. The minimum atomic E-state index is -0.816. The van der Waals surface area contributed by atoms with Gasteiger partial charge < -0.3 is 15.3 Å². The molecule has 0 aromatic heterocycles. The molecule has 2 N–H and O–H groups in total. The van der Waals surface area contributed by atoms with E-state index < -0.39 is 11.9 Å². The van der Waals surface area contributed by atoms with Gasteiger partial charge in [0.15, 0.2) is 0 Å². The Morgan fingerprint density at radius 2 is 2.14 bits per heavy atom. The minimum Gasteiger partial charge on any atom is -0.481 e. The molecule has 21 heavy (non-hydrogen) atoms. The van der Waals surface area contributed by atoms with Gasteiger partial charge >= 0.3 is 12.0 Å². The van der Waals surface area contributed by atoms with Crippen molar-refractivity contribution in [2.75, 3.05) is 5.32 Å². The zero-order chi connectivity index (χ0) is 15.1. The number of carboxylic acid groups (broad SMARTS) is 1. The highest BCUT2D eigenvalue weighted by atomic mass is 79.9. The van der Waals surface area contributed by atoms with Crippen LogP contribution in [-0.4, -0.2) is 34.1 Å². The van der Waals surface area contributed by atoms with Crippen LogP contribution >= 0.6 is 27.5 Å². The quantitative estimate of drug-likeness (QED) is 0.832. The lowest BCUT2D eigenvalue weighted by molar-refractivity contribution is -0.142. The average molecular weight is 374 g/mol. The standard InChI is InChI=1S/C14H14BrClN2O3/c15-12-9(16)2-1-3-10(12)17-14(21)18-7-4-5-11(18)8(6-7)13(19)20/h1-3,7-8,11H,4-6H2,(H,17,21)(H,19,20). The summed E-state index contributed by atoms with van der Waals surface area (Å²) in [4.78, 5) is 25.4. The van der Waals surface area contributed by atoms with Crippen molar-refractivity contribution < 1.29 is 14.7 Å². The van der Waals surface area contributed by atoms with Crippen molar-refractivity contribution in [1.82, 2.24) is 4.90 Å². The Kier molecular flexibility index (Phi) is 3.84. The lowest BCUT2D eigenvalue weighted by Crippen LogP contribution is -2.40. The van der Waals surface area contributed by atoms with Gasteiger partial charge in [0.1, 0.15) is 0 Å². The summed E-state index contributed by atoms with van der Waals surface area (Å²) in [5.74, 6) is -1.26. The van der Waals surface area contributed by atoms with Crippen LogP contribution < -0.4 is 5.32 Å². The van der Waals surface area contributed by atoms with E-state index in [1.54, 1.807) is 23.1 Å². The van der Waals surface area contributed by atoms with Crippen LogP contribution in [0.4, 0.5) is 10.5 Å². The number of amides is 2. The molecule has 7 heteroatoms. The van der Waals surface area contributed by atoms with Crippen molar-refractivity contribution in [3.63, 3.8) is 0 Å². The van der Waals surface area contributed by atoms with E-state index in [0.29, 0.717) is 21.6 Å². The Balaban J connectivity index is 1.78. The number of urea groups is 1. The van der Waals surface area contributed by atoms with E-state index in [2.05, 4.69) is 21.2 Å². The molecule has 2 saturated heterocycles. The summed E-state index contributed by atoms with van der Waals surface area (Å²) in [6, 6.07) is 4.79. The van der Waals surface area contributed by atoms with Crippen LogP contribution in [-0.2, 0) is 4.79 Å².